The zero-order valence-electron chi connectivity index (χ0n) is 6.55. The number of carbonyl (C=O) groups is 1. The van der Waals surface area contributed by atoms with Crippen LogP contribution in [0.5, 0.6) is 0 Å². The second-order valence-electron chi connectivity index (χ2n) is 2.38. The van der Waals surface area contributed by atoms with E-state index in [0.29, 0.717) is 0 Å². The third-order valence-corrected chi connectivity index (χ3v) is 1.45. The first-order valence-corrected chi connectivity index (χ1v) is 3.50. The molecule has 2 nitrogen and oxygen atoms in total. The number of hydrogen-bond acceptors (Lipinski definition) is 1. The topological polar surface area (TPSA) is 37.3 Å². The summed E-state index contributed by atoms with van der Waals surface area (Å²) in [4.78, 5) is 10.0. The van der Waals surface area contributed by atoms with Crippen molar-refractivity contribution in [3.8, 4) is 0 Å². The summed E-state index contributed by atoms with van der Waals surface area (Å²) in [7, 11) is 0. The highest BCUT2D eigenvalue weighted by atomic mass is 16.4. The van der Waals surface area contributed by atoms with E-state index in [0.717, 1.165) is 12.8 Å². The second-order valence-corrected chi connectivity index (χ2v) is 2.38. The van der Waals surface area contributed by atoms with E-state index < -0.39 is 5.97 Å². The fourth-order valence-corrected chi connectivity index (χ4v) is 0.663. The zero-order chi connectivity index (χ0) is 7.98. The Morgan fingerprint density at radius 3 is 2.50 bits per heavy atom. The number of carboxylic acid groups (broad SMARTS) is 1. The van der Waals surface area contributed by atoms with Crippen LogP contribution in [-0.2, 0) is 4.79 Å². The maximum absolute atomic E-state index is 10.0. The number of aliphatic carboxylic acids is 1. The van der Waals surface area contributed by atoms with Crippen molar-refractivity contribution in [3.63, 3.8) is 0 Å². The molecule has 2 heteroatoms. The Balaban J connectivity index is 3.29. The Morgan fingerprint density at radius 2 is 2.10 bits per heavy atom. The molecule has 0 spiro atoms. The third kappa shape index (κ3) is 5.35. The van der Waals surface area contributed by atoms with Crippen LogP contribution in [0.3, 0.4) is 0 Å². The lowest BCUT2D eigenvalue weighted by atomic mass is 10.1. The molecule has 0 aliphatic heterocycles. The molecule has 0 saturated heterocycles. The molecule has 0 aliphatic carbocycles. The van der Waals surface area contributed by atoms with Crippen LogP contribution in [0.2, 0.25) is 0 Å². The van der Waals surface area contributed by atoms with Gasteiger partial charge in [0.15, 0.2) is 0 Å². The maximum atomic E-state index is 10.0. The van der Waals surface area contributed by atoms with Crippen molar-refractivity contribution in [1.29, 1.82) is 0 Å². The van der Waals surface area contributed by atoms with Crippen LogP contribution in [0.15, 0.2) is 11.6 Å². The van der Waals surface area contributed by atoms with E-state index in [9.17, 15) is 4.79 Å². The largest absolute Gasteiger partial charge is 0.481 e. The molecular formula is C8H14O2. The SMILES string of the molecule is CC=C(C)CCCC(=O)O. The number of rotatable bonds is 4. The molecule has 1 N–H and O–H groups in total. The molecule has 0 fully saturated rings. The van der Waals surface area contributed by atoms with Crippen molar-refractivity contribution < 1.29 is 9.90 Å². The first-order chi connectivity index (χ1) is 4.66. The Kier molecular flexibility index (Phi) is 4.63. The average Bonchev–Trinajstić information content (AvgIpc) is 1.87. The average molecular weight is 142 g/mol. The summed E-state index contributed by atoms with van der Waals surface area (Å²) in [5, 5.41) is 8.28. The molecule has 0 aromatic rings. The summed E-state index contributed by atoms with van der Waals surface area (Å²) in [6.45, 7) is 3.98. The molecule has 0 aromatic heterocycles. The van der Waals surface area contributed by atoms with E-state index in [1.54, 1.807) is 0 Å². The molecule has 0 bridgehead atoms. The van der Waals surface area contributed by atoms with E-state index in [4.69, 9.17) is 5.11 Å². The van der Waals surface area contributed by atoms with E-state index >= 15 is 0 Å². The molecule has 10 heavy (non-hydrogen) atoms. The highest BCUT2D eigenvalue weighted by molar-refractivity contribution is 5.66. The first kappa shape index (κ1) is 9.21. The molecule has 0 unspecified atom stereocenters. The predicted molar refractivity (Wildman–Crippen MR) is 40.9 cm³/mol. The van der Waals surface area contributed by atoms with Gasteiger partial charge in [-0.1, -0.05) is 11.6 Å². The Morgan fingerprint density at radius 1 is 1.50 bits per heavy atom. The van der Waals surface area contributed by atoms with Crippen LogP contribution in [0, 0.1) is 0 Å². The Bertz CT molecular complexity index is 136. The minimum atomic E-state index is -0.705. The quantitative estimate of drug-likeness (QED) is 0.611. The minimum Gasteiger partial charge on any atom is -0.481 e. The van der Waals surface area contributed by atoms with Crippen LogP contribution < -0.4 is 0 Å². The second kappa shape index (κ2) is 5.03. The Labute approximate surface area is 61.6 Å². The molecule has 0 aromatic carbocycles. The molecule has 0 rings (SSSR count). The van der Waals surface area contributed by atoms with Gasteiger partial charge >= 0.3 is 5.97 Å². The lowest BCUT2D eigenvalue weighted by molar-refractivity contribution is -0.137. The summed E-state index contributed by atoms with van der Waals surface area (Å²) in [5.41, 5.74) is 1.27. The van der Waals surface area contributed by atoms with Crippen molar-refractivity contribution >= 4 is 5.97 Å². The van der Waals surface area contributed by atoms with Gasteiger partial charge in [-0.3, -0.25) is 4.79 Å². The van der Waals surface area contributed by atoms with Gasteiger partial charge < -0.3 is 5.11 Å². The lowest BCUT2D eigenvalue weighted by Crippen LogP contribution is -1.93. The van der Waals surface area contributed by atoms with Gasteiger partial charge in [-0.2, -0.15) is 0 Å². The molecular weight excluding hydrogens is 128 g/mol. The fourth-order valence-electron chi connectivity index (χ4n) is 0.663. The summed E-state index contributed by atoms with van der Waals surface area (Å²) >= 11 is 0. The van der Waals surface area contributed by atoms with Gasteiger partial charge in [-0.25, -0.2) is 0 Å². The van der Waals surface area contributed by atoms with Gasteiger partial charge in [0.25, 0.3) is 0 Å². The molecule has 0 amide bonds. The number of hydrogen-bond donors (Lipinski definition) is 1. The molecule has 0 aliphatic rings. The van der Waals surface area contributed by atoms with Gasteiger partial charge in [0.05, 0.1) is 0 Å². The van der Waals surface area contributed by atoms with Gasteiger partial charge in [0.1, 0.15) is 0 Å². The van der Waals surface area contributed by atoms with Crippen LogP contribution in [0.4, 0.5) is 0 Å². The molecule has 0 heterocycles. The van der Waals surface area contributed by atoms with E-state index in [2.05, 4.69) is 0 Å². The third-order valence-electron chi connectivity index (χ3n) is 1.45. The van der Waals surface area contributed by atoms with Crippen LogP contribution in [0.1, 0.15) is 33.1 Å². The summed E-state index contributed by atoms with van der Waals surface area (Å²) < 4.78 is 0. The minimum absolute atomic E-state index is 0.283. The van der Waals surface area contributed by atoms with Crippen LogP contribution in [0.25, 0.3) is 0 Å². The highest BCUT2D eigenvalue weighted by Crippen LogP contribution is 2.05. The summed E-state index contributed by atoms with van der Waals surface area (Å²) in [5.74, 6) is -0.705. The monoisotopic (exact) mass is 142 g/mol. The highest BCUT2D eigenvalue weighted by Gasteiger charge is 1.95. The standard InChI is InChI=1S/C8H14O2/c1-3-7(2)5-4-6-8(9)10/h3H,4-6H2,1-2H3,(H,9,10). The maximum Gasteiger partial charge on any atom is 0.303 e. The van der Waals surface area contributed by atoms with Crippen molar-refractivity contribution in [2.24, 2.45) is 0 Å². The molecule has 0 atom stereocenters. The molecule has 0 saturated carbocycles. The van der Waals surface area contributed by atoms with Crippen LogP contribution in [-0.4, -0.2) is 11.1 Å². The van der Waals surface area contributed by atoms with E-state index in [1.165, 1.54) is 5.57 Å². The Hall–Kier alpha value is -0.790. The smallest absolute Gasteiger partial charge is 0.303 e. The molecule has 0 radical (unpaired) electrons. The molecule has 58 valence electrons. The number of carboxylic acids is 1. The zero-order valence-corrected chi connectivity index (χ0v) is 6.55. The summed E-state index contributed by atoms with van der Waals surface area (Å²) in [6, 6.07) is 0. The van der Waals surface area contributed by atoms with Crippen molar-refractivity contribution in [2.75, 3.05) is 0 Å². The summed E-state index contributed by atoms with van der Waals surface area (Å²) in [6.07, 6.45) is 3.96. The van der Waals surface area contributed by atoms with Crippen molar-refractivity contribution in [1.82, 2.24) is 0 Å². The predicted octanol–water partition coefficient (Wildman–Crippen LogP) is 2.21. The lowest BCUT2D eigenvalue weighted by Gasteiger charge is -1.96. The van der Waals surface area contributed by atoms with Gasteiger partial charge in [0, 0.05) is 6.42 Å². The van der Waals surface area contributed by atoms with Gasteiger partial charge in [-0.15, -0.1) is 0 Å². The van der Waals surface area contributed by atoms with Crippen LogP contribution >= 0.6 is 0 Å². The van der Waals surface area contributed by atoms with E-state index in [1.807, 2.05) is 19.9 Å². The fraction of sp³-hybridized carbons (Fsp3) is 0.625. The van der Waals surface area contributed by atoms with Gasteiger partial charge in [0.2, 0.25) is 0 Å². The first-order valence-electron chi connectivity index (χ1n) is 3.50. The van der Waals surface area contributed by atoms with Crippen molar-refractivity contribution in [2.45, 2.75) is 33.1 Å². The van der Waals surface area contributed by atoms with Crippen molar-refractivity contribution in [3.05, 3.63) is 11.6 Å². The number of allylic oxidation sites excluding steroid dienone is 2. The normalized spacial score (nSPS) is 11.6. The van der Waals surface area contributed by atoms with Gasteiger partial charge in [-0.05, 0) is 26.7 Å². The van der Waals surface area contributed by atoms with E-state index in [-0.39, 0.29) is 6.42 Å².